The van der Waals surface area contributed by atoms with Crippen molar-refractivity contribution in [2.24, 2.45) is 0 Å². The fourth-order valence-electron chi connectivity index (χ4n) is 2.83. The summed E-state index contributed by atoms with van der Waals surface area (Å²) in [6.45, 7) is 6.01. The first-order valence-electron chi connectivity index (χ1n) is 9.61. The lowest BCUT2D eigenvalue weighted by molar-refractivity contribution is -0.113. The van der Waals surface area contributed by atoms with E-state index in [0.29, 0.717) is 24.2 Å². The summed E-state index contributed by atoms with van der Waals surface area (Å²) >= 11 is 0. The van der Waals surface area contributed by atoms with Gasteiger partial charge in [-0.2, -0.15) is 0 Å². The first-order chi connectivity index (χ1) is 14.0. The standard InChI is InChI=1S/C21H28N4O5/c1-21(2,3)30-20(29)25-8-6-13(7-9-25)19(28)24-16-11-14(17(26)22-4)10-15(12-16)18(27)23-5/h6,10-12H,7-9H2,1-5H3,(H,22,26)(H,23,27)(H,24,28). The summed E-state index contributed by atoms with van der Waals surface area (Å²) in [5, 5.41) is 7.72. The van der Waals surface area contributed by atoms with E-state index in [-0.39, 0.29) is 35.4 Å². The van der Waals surface area contributed by atoms with E-state index in [4.69, 9.17) is 4.74 Å². The van der Waals surface area contributed by atoms with E-state index in [1.807, 2.05) is 0 Å². The molecule has 1 aromatic rings. The molecule has 0 radical (unpaired) electrons. The lowest BCUT2D eigenvalue weighted by Crippen LogP contribution is -2.40. The maximum absolute atomic E-state index is 12.7. The Kier molecular flexibility index (Phi) is 7.20. The van der Waals surface area contributed by atoms with Crippen molar-refractivity contribution in [2.45, 2.75) is 32.8 Å². The van der Waals surface area contributed by atoms with Crippen LogP contribution in [0.5, 0.6) is 0 Å². The third-order valence-electron chi connectivity index (χ3n) is 4.32. The van der Waals surface area contributed by atoms with Crippen molar-refractivity contribution in [3.8, 4) is 0 Å². The lowest BCUT2D eigenvalue weighted by atomic mass is 10.1. The molecule has 3 N–H and O–H groups in total. The monoisotopic (exact) mass is 416 g/mol. The van der Waals surface area contributed by atoms with Crippen LogP contribution in [0, 0.1) is 0 Å². The van der Waals surface area contributed by atoms with E-state index in [1.54, 1.807) is 26.8 Å². The average Bonchev–Trinajstić information content (AvgIpc) is 2.71. The van der Waals surface area contributed by atoms with Crippen molar-refractivity contribution in [2.75, 3.05) is 32.5 Å². The Hall–Kier alpha value is -3.36. The van der Waals surface area contributed by atoms with Crippen LogP contribution < -0.4 is 16.0 Å². The minimum atomic E-state index is -0.587. The number of nitrogens with one attached hydrogen (secondary N) is 3. The highest BCUT2D eigenvalue weighted by Crippen LogP contribution is 2.19. The van der Waals surface area contributed by atoms with Gasteiger partial charge in [0.15, 0.2) is 0 Å². The lowest BCUT2D eigenvalue weighted by Gasteiger charge is -2.29. The van der Waals surface area contributed by atoms with Gasteiger partial charge in [-0.3, -0.25) is 14.4 Å². The van der Waals surface area contributed by atoms with Gasteiger partial charge in [-0.1, -0.05) is 6.08 Å². The highest BCUT2D eigenvalue weighted by molar-refractivity contribution is 6.06. The van der Waals surface area contributed by atoms with Crippen LogP contribution in [0.25, 0.3) is 0 Å². The van der Waals surface area contributed by atoms with Gasteiger partial charge in [-0.15, -0.1) is 0 Å². The molecule has 1 heterocycles. The first kappa shape index (κ1) is 22.9. The Morgan fingerprint density at radius 3 is 1.93 bits per heavy atom. The molecule has 9 heteroatoms. The number of nitrogens with zero attached hydrogens (tertiary/aromatic N) is 1. The molecule has 0 spiro atoms. The zero-order valence-corrected chi connectivity index (χ0v) is 17.9. The zero-order chi connectivity index (χ0) is 22.5. The van der Waals surface area contributed by atoms with Crippen LogP contribution in [0.1, 0.15) is 47.9 Å². The molecule has 0 atom stereocenters. The summed E-state index contributed by atoms with van der Waals surface area (Å²) < 4.78 is 5.34. The van der Waals surface area contributed by atoms with Gasteiger partial charge in [-0.05, 0) is 45.4 Å². The van der Waals surface area contributed by atoms with Crippen molar-refractivity contribution in [3.63, 3.8) is 0 Å². The number of amides is 4. The number of ether oxygens (including phenoxy) is 1. The SMILES string of the molecule is CNC(=O)c1cc(NC(=O)C2=CCN(C(=O)OC(C)(C)C)CC2)cc(C(=O)NC)c1. The predicted molar refractivity (Wildman–Crippen MR) is 112 cm³/mol. The highest BCUT2D eigenvalue weighted by atomic mass is 16.6. The second kappa shape index (κ2) is 9.43. The van der Waals surface area contributed by atoms with Crippen LogP contribution in [0.2, 0.25) is 0 Å². The van der Waals surface area contributed by atoms with E-state index in [2.05, 4.69) is 16.0 Å². The van der Waals surface area contributed by atoms with Crippen LogP contribution in [0.15, 0.2) is 29.8 Å². The minimum Gasteiger partial charge on any atom is -0.444 e. The number of carbonyl (C=O) groups is 4. The van der Waals surface area contributed by atoms with Gasteiger partial charge >= 0.3 is 6.09 Å². The third-order valence-corrected chi connectivity index (χ3v) is 4.32. The first-order valence-corrected chi connectivity index (χ1v) is 9.61. The largest absolute Gasteiger partial charge is 0.444 e. The summed E-state index contributed by atoms with van der Waals surface area (Å²) in [6.07, 6.45) is 1.61. The fraction of sp³-hybridized carbons (Fsp3) is 0.429. The van der Waals surface area contributed by atoms with E-state index in [1.165, 1.54) is 37.2 Å². The van der Waals surface area contributed by atoms with E-state index in [0.717, 1.165) is 0 Å². The number of hydrogen-bond donors (Lipinski definition) is 3. The van der Waals surface area contributed by atoms with Gasteiger partial charge < -0.3 is 25.6 Å². The van der Waals surface area contributed by atoms with Crippen LogP contribution >= 0.6 is 0 Å². The molecular formula is C21H28N4O5. The molecule has 0 aliphatic carbocycles. The van der Waals surface area contributed by atoms with E-state index < -0.39 is 11.7 Å². The van der Waals surface area contributed by atoms with Crippen molar-refractivity contribution >= 4 is 29.5 Å². The molecule has 0 aromatic heterocycles. The van der Waals surface area contributed by atoms with Gasteiger partial charge in [0.25, 0.3) is 17.7 Å². The summed E-state index contributed by atoms with van der Waals surface area (Å²) in [7, 11) is 2.97. The van der Waals surface area contributed by atoms with Crippen molar-refractivity contribution < 1.29 is 23.9 Å². The molecule has 1 aromatic carbocycles. The smallest absolute Gasteiger partial charge is 0.410 e. The Labute approximate surface area is 175 Å². The Bertz CT molecular complexity index is 852. The Morgan fingerprint density at radius 2 is 1.50 bits per heavy atom. The molecule has 9 nitrogen and oxygen atoms in total. The Morgan fingerprint density at radius 1 is 0.933 bits per heavy atom. The zero-order valence-electron chi connectivity index (χ0n) is 17.9. The van der Waals surface area contributed by atoms with Crippen LogP contribution in [0.3, 0.4) is 0 Å². The molecule has 162 valence electrons. The maximum atomic E-state index is 12.7. The van der Waals surface area contributed by atoms with E-state index >= 15 is 0 Å². The minimum absolute atomic E-state index is 0.252. The second-order valence-electron chi connectivity index (χ2n) is 7.82. The number of hydrogen-bond acceptors (Lipinski definition) is 5. The third kappa shape index (κ3) is 6.07. The van der Waals surface area contributed by atoms with Crippen molar-refractivity contribution in [3.05, 3.63) is 41.0 Å². The van der Waals surface area contributed by atoms with Gasteiger partial charge in [0, 0.05) is 49.6 Å². The van der Waals surface area contributed by atoms with Crippen molar-refractivity contribution in [1.29, 1.82) is 0 Å². The molecule has 0 bridgehead atoms. The number of rotatable bonds is 4. The predicted octanol–water partition coefficient (Wildman–Crippen LogP) is 1.91. The summed E-state index contributed by atoms with van der Waals surface area (Å²) in [5.74, 6) is -1.10. The van der Waals surface area contributed by atoms with E-state index in [9.17, 15) is 19.2 Å². The second-order valence-corrected chi connectivity index (χ2v) is 7.82. The molecule has 0 saturated heterocycles. The normalized spacial score (nSPS) is 13.8. The number of carbonyl (C=O) groups excluding carboxylic acids is 4. The van der Waals surface area contributed by atoms with Crippen LogP contribution in [0.4, 0.5) is 10.5 Å². The van der Waals surface area contributed by atoms with Gasteiger partial charge in [0.2, 0.25) is 0 Å². The fourth-order valence-corrected chi connectivity index (χ4v) is 2.83. The molecule has 0 unspecified atom stereocenters. The summed E-state index contributed by atoms with van der Waals surface area (Å²) in [4.78, 5) is 50.3. The molecule has 2 rings (SSSR count). The van der Waals surface area contributed by atoms with Gasteiger partial charge in [0.05, 0.1) is 0 Å². The maximum Gasteiger partial charge on any atom is 0.410 e. The van der Waals surface area contributed by atoms with Crippen molar-refractivity contribution in [1.82, 2.24) is 15.5 Å². The summed E-state index contributed by atoms with van der Waals surface area (Å²) in [5.41, 5.74) is 0.763. The number of anilines is 1. The highest BCUT2D eigenvalue weighted by Gasteiger charge is 2.25. The molecular weight excluding hydrogens is 388 g/mol. The van der Waals surface area contributed by atoms with Crippen LogP contribution in [-0.2, 0) is 9.53 Å². The Balaban J connectivity index is 2.13. The topological polar surface area (TPSA) is 117 Å². The molecule has 1 aliphatic rings. The molecule has 30 heavy (non-hydrogen) atoms. The quantitative estimate of drug-likeness (QED) is 0.693. The molecule has 0 saturated carbocycles. The van der Waals surface area contributed by atoms with Gasteiger partial charge in [-0.25, -0.2) is 4.79 Å². The number of benzene rings is 1. The molecule has 4 amide bonds. The average molecular weight is 416 g/mol. The molecule has 1 aliphatic heterocycles. The summed E-state index contributed by atoms with van der Waals surface area (Å²) in [6, 6.07) is 4.45. The van der Waals surface area contributed by atoms with Crippen LogP contribution in [-0.4, -0.2) is 61.5 Å². The molecule has 0 fully saturated rings. The van der Waals surface area contributed by atoms with Gasteiger partial charge in [0.1, 0.15) is 5.60 Å².